The fourth-order valence-corrected chi connectivity index (χ4v) is 22.7. The second kappa shape index (κ2) is 32.3. The summed E-state index contributed by atoms with van der Waals surface area (Å²) in [5.74, 6) is 2.42. The van der Waals surface area contributed by atoms with Crippen LogP contribution in [0.1, 0.15) is 175 Å². The number of ether oxygens (including phenoxy) is 3. The van der Waals surface area contributed by atoms with Crippen molar-refractivity contribution in [3.05, 3.63) is 359 Å². The maximum atomic E-state index is 5.96. The fraction of sp³-hybridized carbons (Fsp3) is 0.238. The van der Waals surface area contributed by atoms with E-state index < -0.39 is 0 Å². The number of nitrogens with zero attached hydrogens (tertiary/aromatic N) is 6. The second-order valence-electron chi connectivity index (χ2n) is 45.6. The summed E-state index contributed by atoms with van der Waals surface area (Å²) in [5.41, 5.74) is 49.2. The first-order chi connectivity index (χ1) is 65.8. The largest absolute Gasteiger partial charge is 0.497 e. The van der Waals surface area contributed by atoms with Crippen LogP contribution in [0.25, 0.3) is 33.4 Å². The Morgan fingerprint density at radius 3 is 0.536 bits per heavy atom. The lowest BCUT2D eigenvalue weighted by molar-refractivity contribution is 0.414. The lowest BCUT2D eigenvalue weighted by atomic mass is 9.33. The van der Waals surface area contributed by atoms with Crippen molar-refractivity contribution in [2.45, 2.75) is 178 Å². The first kappa shape index (κ1) is 89.1. The summed E-state index contributed by atoms with van der Waals surface area (Å²) in [6, 6.07) is 121. The molecule has 138 heavy (non-hydrogen) atoms. The molecule has 0 amide bonds. The van der Waals surface area contributed by atoms with E-state index in [9.17, 15) is 0 Å². The lowest BCUT2D eigenvalue weighted by Crippen LogP contribution is -2.61. The summed E-state index contributed by atoms with van der Waals surface area (Å²) >= 11 is 0. The molecule has 0 aromatic heterocycles. The molecule has 6 heterocycles. The second-order valence-corrected chi connectivity index (χ2v) is 45.6. The topological polar surface area (TPSA) is 47.1 Å². The predicted molar refractivity (Wildman–Crippen MR) is 591 cm³/mol. The van der Waals surface area contributed by atoms with Gasteiger partial charge in [-0.1, -0.05) is 234 Å². The monoisotopic (exact) mass is 1800 g/mol. The summed E-state index contributed by atoms with van der Waals surface area (Å²) in [6.45, 7) is 48.2. The number of methoxy groups -OCH3 is 3. The van der Waals surface area contributed by atoms with Crippen molar-refractivity contribution in [2.24, 2.45) is 0 Å². The van der Waals surface area contributed by atoms with E-state index in [1.807, 2.05) is 0 Å². The van der Waals surface area contributed by atoms with Crippen LogP contribution >= 0.6 is 0 Å². The van der Waals surface area contributed by atoms with Crippen LogP contribution in [0, 0.1) is 20.8 Å². The Balaban J connectivity index is 0.815. The first-order valence-electron chi connectivity index (χ1n) is 49.3. The van der Waals surface area contributed by atoms with Gasteiger partial charge in [-0.2, -0.15) is 0 Å². The normalized spacial score (nSPS) is 14.0. The third kappa shape index (κ3) is 14.9. The Morgan fingerprint density at radius 2 is 0.348 bits per heavy atom. The predicted octanol–water partition coefficient (Wildman–Crippen LogP) is 27.7. The lowest BCUT2D eigenvalue weighted by Gasteiger charge is -2.45. The van der Waals surface area contributed by atoms with Crippen molar-refractivity contribution < 1.29 is 14.2 Å². The number of hydrogen-bond acceptors (Lipinski definition) is 9. The quantitative estimate of drug-likeness (QED) is 0.111. The molecule has 0 saturated heterocycles. The van der Waals surface area contributed by atoms with Gasteiger partial charge < -0.3 is 43.6 Å². The molecule has 0 N–H and O–H groups in total. The van der Waals surface area contributed by atoms with Crippen molar-refractivity contribution in [2.75, 3.05) is 50.7 Å². The zero-order valence-electron chi connectivity index (χ0n) is 84.6. The third-order valence-corrected chi connectivity index (χ3v) is 30.1. The molecule has 0 bridgehead atoms. The van der Waals surface area contributed by atoms with Crippen LogP contribution in [-0.2, 0) is 32.5 Å². The number of anilines is 18. The molecule has 22 rings (SSSR count). The van der Waals surface area contributed by atoms with Gasteiger partial charge in [0.25, 0.3) is 20.1 Å². The standard InChI is InChI=1S/C126H123B3N6O3/c1-76-61-112-118-115(64-76)133(94-43-49-97(136-22)50-44-94)106-55-25-79(70-100(106)127(118)103-73-88(124(13,14)15)34-58-109(103)130(112)91-37-28-85(29-38-91)121(4,5)6)82-67-83(80-26-56-107-101(71-80)128-104-74-89(125(16,17)18)35-59-110(104)131(92-39-30-86(31-40-92)122(7,8)9)113-62-77(2)65-116(119(113)128)134(107)95-45-51-98(137-23)52-46-95)69-84(68-82)81-27-57-108-102(72-81)129-105-75-90(126(19,20)21)36-60-111(105)132(93-41-32-87(33-42-93)123(10,11)12)114-63-78(3)66-117(120(114)129)135(108)96-47-53-99(138-24)54-48-96/h25-75H,1-24H3. The molecule has 9 nitrogen and oxygen atoms in total. The summed E-state index contributed by atoms with van der Waals surface area (Å²) in [6.07, 6.45) is 0. The van der Waals surface area contributed by atoms with Gasteiger partial charge in [-0.3, -0.25) is 0 Å². The van der Waals surface area contributed by atoms with Crippen LogP contribution in [-0.4, -0.2) is 41.5 Å². The Hall–Kier alpha value is -14.1. The van der Waals surface area contributed by atoms with Gasteiger partial charge in [-0.15, -0.1) is 0 Å². The van der Waals surface area contributed by atoms with Gasteiger partial charge in [0.1, 0.15) is 17.2 Å². The van der Waals surface area contributed by atoms with Crippen LogP contribution in [0.15, 0.2) is 309 Å². The summed E-state index contributed by atoms with van der Waals surface area (Å²) in [4.78, 5) is 15.3. The molecule has 0 unspecified atom stereocenters. The Labute approximate surface area is 819 Å². The smallest absolute Gasteiger partial charge is 0.252 e. The highest BCUT2D eigenvalue weighted by atomic mass is 16.5. The molecule has 0 atom stereocenters. The molecule has 0 aliphatic carbocycles. The number of rotatable bonds is 12. The maximum absolute atomic E-state index is 5.96. The van der Waals surface area contributed by atoms with Crippen LogP contribution in [0.2, 0.25) is 0 Å². The van der Waals surface area contributed by atoms with Crippen molar-refractivity contribution in [3.8, 4) is 50.6 Å². The van der Waals surface area contributed by atoms with Crippen molar-refractivity contribution in [1.29, 1.82) is 0 Å². The first-order valence-corrected chi connectivity index (χ1v) is 49.3. The van der Waals surface area contributed by atoms with Crippen molar-refractivity contribution in [3.63, 3.8) is 0 Å². The summed E-state index contributed by atoms with van der Waals surface area (Å²) in [5, 5.41) is 0. The van der Waals surface area contributed by atoms with E-state index in [0.29, 0.717) is 0 Å². The molecule has 0 fully saturated rings. The summed E-state index contributed by atoms with van der Waals surface area (Å²) in [7, 11) is 5.27. The zero-order valence-corrected chi connectivity index (χ0v) is 84.6. The Bertz CT molecular complexity index is 6900. The molecule has 0 radical (unpaired) electrons. The minimum absolute atomic E-state index is 0.0338. The van der Waals surface area contributed by atoms with Gasteiger partial charge in [-0.25, -0.2) is 0 Å². The van der Waals surface area contributed by atoms with Crippen molar-refractivity contribution in [1.82, 2.24) is 0 Å². The zero-order chi connectivity index (χ0) is 96.4. The average Bonchev–Trinajstić information content (AvgIpc) is 0.700. The van der Waals surface area contributed by atoms with Crippen LogP contribution < -0.4 is 92.8 Å². The van der Waals surface area contributed by atoms with E-state index in [0.717, 1.165) is 119 Å². The summed E-state index contributed by atoms with van der Waals surface area (Å²) < 4.78 is 17.9. The van der Waals surface area contributed by atoms with E-state index in [1.165, 1.54) is 133 Å². The number of hydrogen-bond donors (Lipinski definition) is 0. The average molecular weight is 1800 g/mol. The van der Waals surface area contributed by atoms with Gasteiger partial charge >= 0.3 is 0 Å². The highest BCUT2D eigenvalue weighted by Gasteiger charge is 2.49. The number of aryl methyl sites for hydroxylation is 3. The van der Waals surface area contributed by atoms with E-state index in [-0.39, 0.29) is 52.6 Å². The number of fused-ring (bicyclic) bond motifs is 12. The van der Waals surface area contributed by atoms with E-state index in [4.69, 9.17) is 14.2 Å². The molecule has 684 valence electrons. The fourth-order valence-electron chi connectivity index (χ4n) is 22.7. The van der Waals surface area contributed by atoms with Gasteiger partial charge in [0.05, 0.1) is 21.3 Å². The molecule has 16 aromatic rings. The van der Waals surface area contributed by atoms with E-state index in [1.54, 1.807) is 21.3 Å². The maximum Gasteiger partial charge on any atom is 0.252 e. The van der Waals surface area contributed by atoms with Crippen LogP contribution in [0.5, 0.6) is 17.2 Å². The molecular weight excluding hydrogens is 1680 g/mol. The van der Waals surface area contributed by atoms with Crippen LogP contribution in [0.4, 0.5) is 102 Å². The molecule has 0 saturated carbocycles. The number of benzene rings is 16. The van der Waals surface area contributed by atoms with E-state index in [2.05, 4.69) is 484 Å². The Kier molecular flexibility index (Phi) is 20.8. The highest BCUT2D eigenvalue weighted by molar-refractivity contribution is 7.02. The third-order valence-electron chi connectivity index (χ3n) is 30.1. The Morgan fingerprint density at radius 1 is 0.174 bits per heavy atom. The van der Waals surface area contributed by atoms with Gasteiger partial charge in [0, 0.05) is 102 Å². The van der Waals surface area contributed by atoms with Gasteiger partial charge in [-0.05, 0) is 386 Å². The van der Waals surface area contributed by atoms with E-state index >= 15 is 0 Å². The molecule has 12 heteroatoms. The minimum atomic E-state index is -0.186. The van der Waals surface area contributed by atoms with Gasteiger partial charge in [0.2, 0.25) is 0 Å². The van der Waals surface area contributed by atoms with Gasteiger partial charge in [0.15, 0.2) is 0 Å². The molecule has 0 spiro atoms. The molecular formula is C126H123B3N6O3. The van der Waals surface area contributed by atoms with Crippen molar-refractivity contribution >= 4 is 172 Å². The van der Waals surface area contributed by atoms with Crippen LogP contribution in [0.3, 0.4) is 0 Å². The molecule has 16 aromatic carbocycles. The highest BCUT2D eigenvalue weighted by Crippen LogP contribution is 2.53. The minimum Gasteiger partial charge on any atom is -0.497 e. The molecule has 6 aliphatic rings. The molecule has 6 aliphatic heterocycles. The SMILES string of the molecule is COc1ccc(N2c3ccc(-c4cc(-c5ccc6c(c5)B5c7cc(C(C)(C)C)ccc7N(c7ccc(C(C)(C)C)cc7)c7cc(C)cc(c75)N6c5ccc(OC)cc5)cc(-c5ccc6c(c5)B5c7cc(C(C)(C)C)ccc7N(c7ccc(C(C)(C)C)cc7)c7cc(C)cc(c75)N6c5ccc(OC)cc5)c4)cc3B3c4cc(C(C)(C)C)ccc4N(c4ccc(C(C)(C)C)cc4)c4cc(C)cc2c43)cc1.